The predicted molar refractivity (Wildman–Crippen MR) is 71.2 cm³/mol. The first-order chi connectivity index (χ1) is 8.78. The molecule has 4 heteroatoms. The lowest BCUT2D eigenvalue weighted by Crippen LogP contribution is -2.04. The van der Waals surface area contributed by atoms with Gasteiger partial charge in [-0.3, -0.25) is 0 Å². The van der Waals surface area contributed by atoms with Crippen LogP contribution in [0.25, 0.3) is 11.4 Å². The van der Waals surface area contributed by atoms with Crippen LogP contribution in [0.5, 0.6) is 0 Å². The molecule has 1 heterocycles. The lowest BCUT2D eigenvalue weighted by Gasteiger charge is -2.03. The molecule has 0 bridgehead atoms. The van der Waals surface area contributed by atoms with Crippen LogP contribution in [0.1, 0.15) is 23.4 Å². The van der Waals surface area contributed by atoms with Gasteiger partial charge in [-0.05, 0) is 43.0 Å². The third kappa shape index (κ3) is 1.93. The number of fused-ring (bicyclic) bond motifs is 1. The molecule has 0 fully saturated rings. The Labute approximate surface area is 107 Å². The fourth-order valence-corrected chi connectivity index (χ4v) is 2.63. The Hall–Kier alpha value is -1.68. The number of nitrogens with two attached hydrogens (primary N) is 1. The summed E-state index contributed by atoms with van der Waals surface area (Å²) in [6.45, 7) is 0.591. The third-order valence-corrected chi connectivity index (χ3v) is 3.53. The van der Waals surface area contributed by atoms with Gasteiger partial charge in [0.15, 0.2) is 11.6 Å². The first-order valence-corrected chi connectivity index (χ1v) is 6.50. The maximum absolute atomic E-state index is 5.54. The number of benzene rings is 1. The molecule has 0 saturated carbocycles. The molecule has 0 spiro atoms. The quantitative estimate of drug-likeness (QED) is 0.886. The molecule has 94 valence electrons. The van der Waals surface area contributed by atoms with Gasteiger partial charge in [-0.1, -0.05) is 12.1 Å². The van der Waals surface area contributed by atoms with E-state index in [1.54, 1.807) is 0 Å². The van der Waals surface area contributed by atoms with Crippen LogP contribution in [-0.4, -0.2) is 21.3 Å². The summed E-state index contributed by atoms with van der Waals surface area (Å²) in [6.07, 6.45) is 4.42. The molecule has 1 aliphatic carbocycles. The van der Waals surface area contributed by atoms with Gasteiger partial charge in [0.2, 0.25) is 0 Å². The zero-order valence-corrected chi connectivity index (χ0v) is 10.7. The smallest absolute Gasteiger partial charge is 0.158 e. The zero-order chi connectivity index (χ0) is 12.5. The van der Waals surface area contributed by atoms with E-state index < -0.39 is 0 Å². The van der Waals surface area contributed by atoms with Crippen LogP contribution in [0.2, 0.25) is 0 Å². The topological polar surface area (TPSA) is 56.7 Å². The first kappa shape index (κ1) is 11.4. The van der Waals surface area contributed by atoms with E-state index in [2.05, 4.69) is 28.3 Å². The molecule has 1 aromatic heterocycles. The van der Waals surface area contributed by atoms with E-state index in [0.29, 0.717) is 6.54 Å². The second kappa shape index (κ2) is 4.53. The summed E-state index contributed by atoms with van der Waals surface area (Å²) < 4.78 is 1.85. The van der Waals surface area contributed by atoms with Gasteiger partial charge in [0.1, 0.15) is 0 Å². The Morgan fingerprint density at radius 3 is 2.94 bits per heavy atom. The minimum atomic E-state index is 0.591. The molecule has 0 atom stereocenters. The second-order valence-corrected chi connectivity index (χ2v) is 4.85. The van der Waals surface area contributed by atoms with Crippen molar-refractivity contribution >= 4 is 0 Å². The molecular weight excluding hydrogens is 224 g/mol. The predicted octanol–water partition coefficient (Wildman–Crippen LogP) is 1.47. The van der Waals surface area contributed by atoms with E-state index >= 15 is 0 Å². The van der Waals surface area contributed by atoms with Gasteiger partial charge in [0.05, 0.1) is 0 Å². The summed E-state index contributed by atoms with van der Waals surface area (Å²) in [6, 6.07) is 6.65. The summed E-state index contributed by atoms with van der Waals surface area (Å²) in [7, 11) is 1.94. The van der Waals surface area contributed by atoms with Crippen LogP contribution in [0.4, 0.5) is 0 Å². The van der Waals surface area contributed by atoms with Crippen molar-refractivity contribution < 1.29 is 0 Å². The van der Waals surface area contributed by atoms with Crippen molar-refractivity contribution in [2.75, 3.05) is 6.54 Å². The molecule has 2 aromatic rings. The van der Waals surface area contributed by atoms with Crippen molar-refractivity contribution in [1.82, 2.24) is 14.8 Å². The van der Waals surface area contributed by atoms with Crippen LogP contribution in [-0.2, 0) is 26.3 Å². The lowest BCUT2D eigenvalue weighted by molar-refractivity contribution is 0.744. The lowest BCUT2D eigenvalue weighted by atomic mass is 10.1. The molecule has 2 N–H and O–H groups in total. The molecule has 0 saturated heterocycles. The minimum Gasteiger partial charge on any atom is -0.330 e. The average Bonchev–Trinajstić information content (AvgIpc) is 2.95. The number of hydrogen-bond acceptors (Lipinski definition) is 3. The van der Waals surface area contributed by atoms with Gasteiger partial charge in [-0.25, -0.2) is 9.67 Å². The van der Waals surface area contributed by atoms with E-state index in [1.807, 2.05) is 11.7 Å². The maximum Gasteiger partial charge on any atom is 0.158 e. The monoisotopic (exact) mass is 242 g/mol. The van der Waals surface area contributed by atoms with Gasteiger partial charge in [-0.2, -0.15) is 5.10 Å². The molecule has 0 aliphatic heterocycles. The highest BCUT2D eigenvalue weighted by molar-refractivity contribution is 5.58. The number of nitrogens with zero attached hydrogens (tertiary/aromatic N) is 3. The van der Waals surface area contributed by atoms with Crippen molar-refractivity contribution in [3.05, 3.63) is 35.2 Å². The highest BCUT2D eigenvalue weighted by Gasteiger charge is 2.14. The van der Waals surface area contributed by atoms with Gasteiger partial charge in [0.25, 0.3) is 0 Å². The van der Waals surface area contributed by atoms with Gasteiger partial charge in [0, 0.05) is 19.0 Å². The van der Waals surface area contributed by atoms with E-state index in [-0.39, 0.29) is 0 Å². The molecule has 1 aromatic carbocycles. The van der Waals surface area contributed by atoms with Crippen LogP contribution in [0.3, 0.4) is 0 Å². The second-order valence-electron chi connectivity index (χ2n) is 4.85. The maximum atomic E-state index is 5.54. The molecule has 1 aliphatic rings. The Kier molecular flexibility index (Phi) is 2.88. The molecule has 0 amide bonds. The standard InChI is InChI=1S/C14H18N4/c1-18-14(16-13(17-18)7-8-15)12-6-5-10-3-2-4-11(10)9-12/h5-6,9H,2-4,7-8,15H2,1H3. The molecule has 4 nitrogen and oxygen atoms in total. The fraction of sp³-hybridized carbons (Fsp3) is 0.429. The third-order valence-electron chi connectivity index (χ3n) is 3.53. The van der Waals surface area contributed by atoms with Crippen LogP contribution in [0, 0.1) is 0 Å². The highest BCUT2D eigenvalue weighted by atomic mass is 15.3. The molecule has 0 unspecified atom stereocenters. The van der Waals surface area contributed by atoms with E-state index in [1.165, 1.54) is 30.4 Å². The Morgan fingerprint density at radius 1 is 1.28 bits per heavy atom. The fourth-order valence-electron chi connectivity index (χ4n) is 2.63. The van der Waals surface area contributed by atoms with Crippen molar-refractivity contribution in [2.45, 2.75) is 25.7 Å². The number of aromatic nitrogens is 3. The SMILES string of the molecule is Cn1nc(CCN)nc1-c1ccc2c(c1)CCC2. The van der Waals surface area contributed by atoms with Crippen molar-refractivity contribution in [3.8, 4) is 11.4 Å². The summed E-state index contributed by atoms with van der Waals surface area (Å²) >= 11 is 0. The summed E-state index contributed by atoms with van der Waals surface area (Å²) in [4.78, 5) is 4.57. The Morgan fingerprint density at radius 2 is 2.11 bits per heavy atom. The van der Waals surface area contributed by atoms with Crippen molar-refractivity contribution in [3.63, 3.8) is 0 Å². The summed E-state index contributed by atoms with van der Waals surface area (Å²) in [5.74, 6) is 1.77. The average molecular weight is 242 g/mol. The van der Waals surface area contributed by atoms with Gasteiger partial charge in [-0.15, -0.1) is 0 Å². The minimum absolute atomic E-state index is 0.591. The van der Waals surface area contributed by atoms with Crippen LogP contribution < -0.4 is 5.73 Å². The van der Waals surface area contributed by atoms with Crippen LogP contribution in [0.15, 0.2) is 18.2 Å². The molecule has 3 rings (SSSR count). The van der Waals surface area contributed by atoms with Crippen molar-refractivity contribution in [2.24, 2.45) is 12.8 Å². The van der Waals surface area contributed by atoms with E-state index in [4.69, 9.17) is 5.73 Å². The largest absolute Gasteiger partial charge is 0.330 e. The van der Waals surface area contributed by atoms with Crippen LogP contribution >= 0.6 is 0 Å². The number of hydrogen-bond donors (Lipinski definition) is 1. The normalized spacial score (nSPS) is 13.9. The number of rotatable bonds is 3. The molecule has 18 heavy (non-hydrogen) atoms. The highest BCUT2D eigenvalue weighted by Crippen LogP contribution is 2.27. The van der Waals surface area contributed by atoms with E-state index in [9.17, 15) is 0 Å². The molecular formula is C14H18N4. The zero-order valence-electron chi connectivity index (χ0n) is 10.7. The summed E-state index contributed by atoms with van der Waals surface area (Å²) in [5.41, 5.74) is 9.66. The summed E-state index contributed by atoms with van der Waals surface area (Å²) in [5, 5.41) is 4.40. The van der Waals surface area contributed by atoms with E-state index in [0.717, 1.165) is 23.6 Å². The van der Waals surface area contributed by atoms with Gasteiger partial charge < -0.3 is 5.73 Å². The number of aryl methyl sites for hydroxylation is 3. The van der Waals surface area contributed by atoms with Gasteiger partial charge >= 0.3 is 0 Å². The molecule has 0 radical (unpaired) electrons. The Bertz CT molecular complexity index is 571. The first-order valence-electron chi connectivity index (χ1n) is 6.50. The Balaban J connectivity index is 1.99. The van der Waals surface area contributed by atoms with Crippen molar-refractivity contribution in [1.29, 1.82) is 0 Å².